The number of aromatic nitrogens is 2. The summed E-state index contributed by atoms with van der Waals surface area (Å²) in [5.41, 5.74) is 2.24. The topological polar surface area (TPSA) is 87.8 Å². The van der Waals surface area contributed by atoms with E-state index in [0.717, 1.165) is 11.1 Å². The number of nitrogens with zero attached hydrogens (tertiary/aromatic N) is 3. The molecule has 0 amide bonds. The number of hydrogen-bond acceptors (Lipinski definition) is 4. The SMILES string of the molecule is N#Cc1cccc(S(=O)(=O)NCc2ccc(Cn3cccn3)cc2)c1. The second-order valence-corrected chi connectivity index (χ2v) is 7.25. The van der Waals surface area contributed by atoms with Gasteiger partial charge in [-0.3, -0.25) is 4.68 Å². The highest BCUT2D eigenvalue weighted by atomic mass is 32.2. The van der Waals surface area contributed by atoms with E-state index in [-0.39, 0.29) is 11.4 Å². The Morgan fingerprint density at radius 3 is 2.52 bits per heavy atom. The second-order valence-electron chi connectivity index (χ2n) is 5.48. The summed E-state index contributed by atoms with van der Waals surface area (Å²) in [5, 5.41) is 13.0. The standard InChI is InChI=1S/C18H16N4O2S/c19-12-17-3-1-4-18(11-17)25(23,24)21-13-15-5-7-16(8-6-15)14-22-10-2-9-20-22/h1-11,21H,13-14H2. The maximum absolute atomic E-state index is 12.3. The predicted molar refractivity (Wildman–Crippen MR) is 93.0 cm³/mol. The van der Waals surface area contributed by atoms with Crippen LogP contribution >= 0.6 is 0 Å². The van der Waals surface area contributed by atoms with Crippen LogP contribution in [0.5, 0.6) is 0 Å². The minimum atomic E-state index is -3.66. The molecule has 0 aliphatic rings. The Balaban J connectivity index is 1.65. The van der Waals surface area contributed by atoms with Gasteiger partial charge < -0.3 is 0 Å². The molecule has 0 saturated carbocycles. The number of benzene rings is 2. The highest BCUT2D eigenvalue weighted by molar-refractivity contribution is 7.89. The summed E-state index contributed by atoms with van der Waals surface area (Å²) in [5.74, 6) is 0. The monoisotopic (exact) mass is 352 g/mol. The zero-order valence-corrected chi connectivity index (χ0v) is 14.1. The van der Waals surface area contributed by atoms with E-state index in [1.807, 2.05) is 47.3 Å². The lowest BCUT2D eigenvalue weighted by Gasteiger charge is -2.08. The van der Waals surface area contributed by atoms with Crippen molar-refractivity contribution in [2.24, 2.45) is 0 Å². The molecule has 0 fully saturated rings. The highest BCUT2D eigenvalue weighted by Crippen LogP contribution is 2.12. The van der Waals surface area contributed by atoms with Gasteiger partial charge in [-0.15, -0.1) is 0 Å². The third kappa shape index (κ3) is 4.32. The van der Waals surface area contributed by atoms with Crippen LogP contribution in [0, 0.1) is 11.3 Å². The zero-order valence-electron chi connectivity index (χ0n) is 13.3. The first kappa shape index (κ1) is 16.9. The smallest absolute Gasteiger partial charge is 0.240 e. The van der Waals surface area contributed by atoms with Gasteiger partial charge >= 0.3 is 0 Å². The van der Waals surface area contributed by atoms with Crippen molar-refractivity contribution < 1.29 is 8.42 Å². The minimum Gasteiger partial charge on any atom is -0.268 e. The molecule has 0 aliphatic heterocycles. The Morgan fingerprint density at radius 1 is 1.08 bits per heavy atom. The van der Waals surface area contributed by atoms with Gasteiger partial charge in [0.05, 0.1) is 23.1 Å². The lowest BCUT2D eigenvalue weighted by atomic mass is 10.1. The van der Waals surface area contributed by atoms with Gasteiger partial charge in [-0.1, -0.05) is 30.3 Å². The fraction of sp³-hybridized carbons (Fsp3) is 0.111. The number of nitrogens with one attached hydrogen (secondary N) is 1. The molecule has 1 N–H and O–H groups in total. The predicted octanol–water partition coefficient (Wildman–Crippen LogP) is 2.28. The molecule has 25 heavy (non-hydrogen) atoms. The van der Waals surface area contributed by atoms with E-state index in [9.17, 15) is 8.42 Å². The Morgan fingerprint density at radius 2 is 1.84 bits per heavy atom. The van der Waals surface area contributed by atoms with Crippen molar-refractivity contribution in [3.8, 4) is 6.07 Å². The molecule has 3 rings (SSSR count). The van der Waals surface area contributed by atoms with E-state index in [1.165, 1.54) is 12.1 Å². The molecular formula is C18H16N4O2S. The minimum absolute atomic E-state index is 0.0850. The first-order valence-electron chi connectivity index (χ1n) is 7.62. The first-order chi connectivity index (χ1) is 12.1. The molecule has 126 valence electrons. The van der Waals surface area contributed by atoms with E-state index < -0.39 is 10.0 Å². The third-order valence-corrected chi connectivity index (χ3v) is 5.07. The maximum Gasteiger partial charge on any atom is 0.240 e. The van der Waals surface area contributed by atoms with E-state index in [2.05, 4.69) is 9.82 Å². The van der Waals surface area contributed by atoms with Gasteiger partial charge in [-0.25, -0.2) is 13.1 Å². The van der Waals surface area contributed by atoms with Crippen molar-refractivity contribution in [2.45, 2.75) is 18.0 Å². The fourth-order valence-corrected chi connectivity index (χ4v) is 3.40. The summed E-state index contributed by atoms with van der Waals surface area (Å²) >= 11 is 0. The molecule has 0 saturated heterocycles. The van der Waals surface area contributed by atoms with E-state index in [1.54, 1.807) is 18.3 Å². The van der Waals surface area contributed by atoms with E-state index in [4.69, 9.17) is 5.26 Å². The molecule has 0 radical (unpaired) electrons. The van der Waals surface area contributed by atoms with E-state index >= 15 is 0 Å². The van der Waals surface area contributed by atoms with Crippen LogP contribution < -0.4 is 4.72 Å². The summed E-state index contributed by atoms with van der Waals surface area (Å²) in [7, 11) is -3.66. The quantitative estimate of drug-likeness (QED) is 0.737. The molecule has 2 aromatic carbocycles. The molecule has 6 nitrogen and oxygen atoms in total. The van der Waals surface area contributed by atoms with Crippen LogP contribution in [-0.4, -0.2) is 18.2 Å². The number of nitriles is 1. The molecular weight excluding hydrogens is 336 g/mol. The Hall–Kier alpha value is -2.95. The summed E-state index contributed by atoms with van der Waals surface area (Å²) in [4.78, 5) is 0.0850. The lowest BCUT2D eigenvalue weighted by molar-refractivity contribution is 0.581. The van der Waals surface area contributed by atoms with E-state index in [0.29, 0.717) is 12.1 Å². The van der Waals surface area contributed by atoms with Gasteiger partial charge in [0.1, 0.15) is 0 Å². The molecule has 0 atom stereocenters. The summed E-state index contributed by atoms with van der Waals surface area (Å²) in [6, 6.07) is 17.4. The normalized spacial score (nSPS) is 11.2. The molecule has 0 unspecified atom stereocenters. The van der Waals surface area contributed by atoms with Gasteiger partial charge in [-0.2, -0.15) is 10.4 Å². The van der Waals surface area contributed by atoms with Crippen molar-refractivity contribution in [2.75, 3.05) is 0 Å². The van der Waals surface area contributed by atoms with Crippen LogP contribution in [0.15, 0.2) is 71.9 Å². The molecule has 0 aliphatic carbocycles. The van der Waals surface area contributed by atoms with Crippen LogP contribution in [0.3, 0.4) is 0 Å². The molecule has 0 bridgehead atoms. The van der Waals surface area contributed by atoms with Crippen molar-refractivity contribution in [3.63, 3.8) is 0 Å². The Kier molecular flexibility index (Phi) is 4.93. The number of hydrogen-bond donors (Lipinski definition) is 1. The van der Waals surface area contributed by atoms with Crippen LogP contribution in [0.4, 0.5) is 0 Å². The average molecular weight is 352 g/mol. The van der Waals surface area contributed by atoms with Crippen molar-refractivity contribution in [1.29, 1.82) is 5.26 Å². The van der Waals surface area contributed by atoms with Gasteiger partial charge in [0, 0.05) is 18.9 Å². The van der Waals surface area contributed by atoms with Crippen LogP contribution in [-0.2, 0) is 23.1 Å². The fourth-order valence-electron chi connectivity index (χ4n) is 2.34. The number of sulfonamides is 1. The third-order valence-electron chi connectivity index (χ3n) is 3.67. The maximum atomic E-state index is 12.3. The highest BCUT2D eigenvalue weighted by Gasteiger charge is 2.14. The summed E-state index contributed by atoms with van der Waals surface area (Å²) < 4.78 is 29.0. The molecule has 1 aromatic heterocycles. The van der Waals surface area contributed by atoms with Gasteiger partial charge in [-0.05, 0) is 35.4 Å². The summed E-state index contributed by atoms with van der Waals surface area (Å²) in [6.07, 6.45) is 3.61. The van der Waals surface area contributed by atoms with Crippen LogP contribution in [0.25, 0.3) is 0 Å². The Bertz CT molecular complexity index is 988. The van der Waals surface area contributed by atoms with Gasteiger partial charge in [0.15, 0.2) is 0 Å². The van der Waals surface area contributed by atoms with Gasteiger partial charge in [0.2, 0.25) is 10.0 Å². The molecule has 0 spiro atoms. The average Bonchev–Trinajstić information content (AvgIpc) is 3.14. The first-order valence-corrected chi connectivity index (χ1v) is 9.10. The Labute approximate surface area is 146 Å². The second kappa shape index (κ2) is 7.30. The number of rotatable bonds is 6. The molecule has 7 heteroatoms. The van der Waals surface area contributed by atoms with Crippen molar-refractivity contribution in [1.82, 2.24) is 14.5 Å². The van der Waals surface area contributed by atoms with Gasteiger partial charge in [0.25, 0.3) is 0 Å². The lowest BCUT2D eigenvalue weighted by Crippen LogP contribution is -2.23. The summed E-state index contributed by atoms with van der Waals surface area (Å²) in [6.45, 7) is 0.848. The zero-order chi connectivity index (χ0) is 17.7. The van der Waals surface area contributed by atoms with Crippen molar-refractivity contribution >= 4 is 10.0 Å². The van der Waals surface area contributed by atoms with Crippen molar-refractivity contribution in [3.05, 3.63) is 83.7 Å². The molecule has 3 aromatic rings. The van der Waals surface area contributed by atoms with Crippen LogP contribution in [0.2, 0.25) is 0 Å². The molecule has 1 heterocycles. The largest absolute Gasteiger partial charge is 0.268 e. The van der Waals surface area contributed by atoms with Crippen LogP contribution in [0.1, 0.15) is 16.7 Å².